The van der Waals surface area contributed by atoms with E-state index in [9.17, 15) is 22.4 Å². The molecule has 0 spiro atoms. The largest absolute Gasteiger partial charge is 0.494 e. The molecule has 0 radical (unpaired) electrons. The number of sulfonamides is 1. The fourth-order valence-corrected chi connectivity index (χ4v) is 5.89. The highest BCUT2D eigenvalue weighted by molar-refractivity contribution is 7.98. The van der Waals surface area contributed by atoms with Crippen LogP contribution >= 0.6 is 11.8 Å². The van der Waals surface area contributed by atoms with Gasteiger partial charge < -0.3 is 15.0 Å². The zero-order chi connectivity index (χ0) is 30.0. The first kappa shape index (κ1) is 32.0. The van der Waals surface area contributed by atoms with Gasteiger partial charge in [0.2, 0.25) is 11.8 Å². The standard InChI is InChI=1S/C30H36FN3O5S2/c1-5-19-32-30(36)22(3)33(20-23-9-7-8-10-28(23)31)29(35)21-34(24-11-13-25(14-12-24)39-6-2)41(37,38)27-17-15-26(40-4)16-18-27/h7-18,22H,5-6,19-21H2,1-4H3,(H,32,36)/t22-/m1/s1. The topological polar surface area (TPSA) is 96.0 Å². The summed E-state index contributed by atoms with van der Waals surface area (Å²) in [5, 5.41) is 2.76. The van der Waals surface area contributed by atoms with Gasteiger partial charge in [-0.1, -0.05) is 25.1 Å². The van der Waals surface area contributed by atoms with Gasteiger partial charge in [0.05, 0.1) is 17.2 Å². The van der Waals surface area contributed by atoms with E-state index in [1.54, 1.807) is 49.4 Å². The van der Waals surface area contributed by atoms with Crippen LogP contribution in [0, 0.1) is 5.82 Å². The molecule has 0 aliphatic carbocycles. The second kappa shape index (κ2) is 14.9. The minimum absolute atomic E-state index is 0.00590. The third-order valence-electron chi connectivity index (χ3n) is 6.38. The van der Waals surface area contributed by atoms with Gasteiger partial charge in [-0.25, -0.2) is 12.8 Å². The van der Waals surface area contributed by atoms with Crippen LogP contribution in [-0.2, 0) is 26.2 Å². The molecule has 0 fully saturated rings. The Balaban J connectivity index is 2.03. The molecule has 0 heterocycles. The number of hydrogen-bond acceptors (Lipinski definition) is 6. The van der Waals surface area contributed by atoms with Crippen LogP contribution in [0.4, 0.5) is 10.1 Å². The lowest BCUT2D eigenvalue weighted by atomic mass is 10.1. The predicted octanol–water partition coefficient (Wildman–Crippen LogP) is 5.09. The van der Waals surface area contributed by atoms with Crippen molar-refractivity contribution >= 4 is 39.3 Å². The van der Waals surface area contributed by atoms with E-state index in [1.807, 2.05) is 20.1 Å². The van der Waals surface area contributed by atoms with E-state index in [0.29, 0.717) is 25.3 Å². The molecule has 11 heteroatoms. The Morgan fingerprint density at radius 2 is 1.66 bits per heavy atom. The third-order valence-corrected chi connectivity index (χ3v) is 8.91. The van der Waals surface area contributed by atoms with E-state index >= 15 is 0 Å². The van der Waals surface area contributed by atoms with Crippen molar-refractivity contribution in [2.75, 3.05) is 30.3 Å². The molecule has 8 nitrogen and oxygen atoms in total. The monoisotopic (exact) mass is 601 g/mol. The molecule has 3 aromatic carbocycles. The molecule has 3 rings (SSSR count). The summed E-state index contributed by atoms with van der Waals surface area (Å²) in [7, 11) is -4.21. The number of benzene rings is 3. The Morgan fingerprint density at radius 1 is 1.00 bits per heavy atom. The van der Waals surface area contributed by atoms with Crippen LogP contribution in [0.3, 0.4) is 0 Å². The minimum atomic E-state index is -4.21. The summed E-state index contributed by atoms with van der Waals surface area (Å²) in [5.74, 6) is -1.06. The van der Waals surface area contributed by atoms with Crippen molar-refractivity contribution in [1.29, 1.82) is 0 Å². The number of thioether (sulfide) groups is 1. The molecule has 0 aliphatic heterocycles. The highest BCUT2D eigenvalue weighted by Crippen LogP contribution is 2.28. The number of hydrogen-bond donors (Lipinski definition) is 1. The predicted molar refractivity (Wildman–Crippen MR) is 160 cm³/mol. The first-order valence-corrected chi connectivity index (χ1v) is 16.0. The fourth-order valence-electron chi connectivity index (χ4n) is 4.07. The van der Waals surface area contributed by atoms with E-state index in [2.05, 4.69) is 5.32 Å². The van der Waals surface area contributed by atoms with Crippen LogP contribution in [0.15, 0.2) is 82.6 Å². The van der Waals surface area contributed by atoms with Crippen LogP contribution in [-0.4, -0.2) is 57.1 Å². The lowest BCUT2D eigenvalue weighted by Crippen LogP contribution is -2.51. The molecule has 0 aromatic heterocycles. The number of nitrogens with one attached hydrogen (secondary N) is 1. The zero-order valence-corrected chi connectivity index (χ0v) is 25.3. The summed E-state index contributed by atoms with van der Waals surface area (Å²) in [5.41, 5.74) is 0.448. The summed E-state index contributed by atoms with van der Waals surface area (Å²) in [6.45, 7) is 5.29. The van der Waals surface area contributed by atoms with E-state index in [0.717, 1.165) is 9.20 Å². The number of amides is 2. The van der Waals surface area contributed by atoms with E-state index in [-0.39, 0.29) is 22.7 Å². The highest BCUT2D eigenvalue weighted by Gasteiger charge is 2.33. The number of rotatable bonds is 14. The Morgan fingerprint density at radius 3 is 2.24 bits per heavy atom. The van der Waals surface area contributed by atoms with Crippen molar-refractivity contribution in [3.63, 3.8) is 0 Å². The quantitative estimate of drug-likeness (QED) is 0.259. The maximum Gasteiger partial charge on any atom is 0.264 e. The number of anilines is 1. The maximum atomic E-state index is 14.6. The molecule has 0 unspecified atom stereocenters. The Labute approximate surface area is 245 Å². The number of ether oxygens (including phenoxy) is 1. The first-order valence-electron chi connectivity index (χ1n) is 13.3. The van der Waals surface area contributed by atoms with Gasteiger partial charge in [-0.3, -0.25) is 13.9 Å². The normalized spacial score (nSPS) is 11.9. The molecule has 1 N–H and O–H groups in total. The average molecular weight is 602 g/mol. The molecule has 0 saturated heterocycles. The van der Waals surface area contributed by atoms with Gasteiger partial charge in [0.25, 0.3) is 10.0 Å². The van der Waals surface area contributed by atoms with Crippen LogP contribution in [0.25, 0.3) is 0 Å². The van der Waals surface area contributed by atoms with Crippen molar-refractivity contribution in [3.05, 3.63) is 84.2 Å². The van der Waals surface area contributed by atoms with Gasteiger partial charge in [-0.15, -0.1) is 11.8 Å². The number of carbonyl (C=O) groups is 2. The van der Waals surface area contributed by atoms with Gasteiger partial charge in [0.15, 0.2) is 0 Å². The van der Waals surface area contributed by atoms with Crippen LogP contribution in [0.2, 0.25) is 0 Å². The highest BCUT2D eigenvalue weighted by atomic mass is 32.2. The Kier molecular flexibility index (Phi) is 11.6. The lowest BCUT2D eigenvalue weighted by molar-refractivity contribution is -0.139. The SMILES string of the molecule is CCCNC(=O)[C@@H](C)N(Cc1ccccc1F)C(=O)CN(c1ccc(OCC)cc1)S(=O)(=O)c1ccc(SC)cc1. The van der Waals surface area contributed by atoms with Crippen molar-refractivity contribution < 1.29 is 27.1 Å². The second-order valence-electron chi connectivity index (χ2n) is 9.19. The molecule has 2 amide bonds. The lowest BCUT2D eigenvalue weighted by Gasteiger charge is -2.32. The van der Waals surface area contributed by atoms with Crippen molar-refractivity contribution in [2.45, 2.75) is 49.6 Å². The molecule has 220 valence electrons. The number of carbonyl (C=O) groups excluding carboxylic acids is 2. The summed E-state index contributed by atoms with van der Waals surface area (Å²) in [6, 6.07) is 17.7. The van der Waals surface area contributed by atoms with Gasteiger partial charge in [-0.2, -0.15) is 0 Å². The van der Waals surface area contributed by atoms with Gasteiger partial charge in [-0.05, 0) is 81.1 Å². The number of halogens is 1. The van der Waals surface area contributed by atoms with Crippen LogP contribution in [0.1, 0.15) is 32.8 Å². The molecule has 3 aromatic rings. The van der Waals surface area contributed by atoms with Crippen molar-refractivity contribution in [1.82, 2.24) is 10.2 Å². The fraction of sp³-hybridized carbons (Fsp3) is 0.333. The van der Waals surface area contributed by atoms with E-state index < -0.39 is 40.2 Å². The van der Waals surface area contributed by atoms with Gasteiger partial charge in [0, 0.05) is 23.5 Å². The van der Waals surface area contributed by atoms with Gasteiger partial charge in [0.1, 0.15) is 24.2 Å². The molecular weight excluding hydrogens is 565 g/mol. The molecule has 0 bridgehead atoms. The van der Waals surface area contributed by atoms with E-state index in [1.165, 1.54) is 47.0 Å². The third kappa shape index (κ3) is 8.23. The maximum absolute atomic E-state index is 14.6. The smallest absolute Gasteiger partial charge is 0.264 e. The first-order chi connectivity index (χ1) is 19.6. The van der Waals surface area contributed by atoms with E-state index in [4.69, 9.17) is 4.74 Å². The molecule has 0 saturated carbocycles. The Bertz CT molecular complexity index is 1420. The van der Waals surface area contributed by atoms with Crippen molar-refractivity contribution in [3.8, 4) is 5.75 Å². The molecule has 0 aliphatic rings. The second-order valence-corrected chi connectivity index (χ2v) is 11.9. The van der Waals surface area contributed by atoms with Crippen LogP contribution in [0.5, 0.6) is 5.75 Å². The Hall–Kier alpha value is -3.57. The van der Waals surface area contributed by atoms with Crippen molar-refractivity contribution in [2.24, 2.45) is 0 Å². The average Bonchev–Trinajstić information content (AvgIpc) is 2.98. The molecule has 41 heavy (non-hydrogen) atoms. The minimum Gasteiger partial charge on any atom is -0.494 e. The summed E-state index contributed by atoms with van der Waals surface area (Å²) in [6.07, 6.45) is 2.58. The summed E-state index contributed by atoms with van der Waals surface area (Å²) >= 11 is 1.48. The summed E-state index contributed by atoms with van der Waals surface area (Å²) in [4.78, 5) is 28.9. The number of nitrogens with zero attached hydrogens (tertiary/aromatic N) is 2. The molecular formula is C30H36FN3O5S2. The summed E-state index contributed by atoms with van der Waals surface area (Å²) < 4.78 is 49.0. The van der Waals surface area contributed by atoms with Crippen LogP contribution < -0.4 is 14.4 Å². The van der Waals surface area contributed by atoms with Gasteiger partial charge >= 0.3 is 0 Å². The zero-order valence-electron chi connectivity index (χ0n) is 23.7. The molecule has 1 atom stereocenters.